The summed E-state index contributed by atoms with van der Waals surface area (Å²) >= 11 is 5.83. The van der Waals surface area contributed by atoms with E-state index in [1.54, 1.807) is 24.3 Å². The zero-order valence-electron chi connectivity index (χ0n) is 17.0. The Bertz CT molecular complexity index is 760. The summed E-state index contributed by atoms with van der Waals surface area (Å²) in [7, 11) is 0. The lowest BCUT2D eigenvalue weighted by molar-refractivity contribution is -0.125. The molecule has 2 aromatic carbocycles. The highest BCUT2D eigenvalue weighted by molar-refractivity contribution is 6.30. The van der Waals surface area contributed by atoms with Crippen LogP contribution in [0.2, 0.25) is 5.02 Å². The zero-order chi connectivity index (χ0) is 21.3. The van der Waals surface area contributed by atoms with E-state index in [0.29, 0.717) is 16.5 Å². The van der Waals surface area contributed by atoms with Crippen LogP contribution in [0.4, 0.5) is 0 Å². The minimum atomic E-state index is -0.149. The Labute approximate surface area is 181 Å². The molecule has 0 aromatic heterocycles. The minimum absolute atomic E-state index is 0.00175. The Morgan fingerprint density at radius 3 is 1.63 bits per heavy atom. The smallest absolute Gasteiger partial charge is 0.258 e. The van der Waals surface area contributed by atoms with Gasteiger partial charge in [0.15, 0.2) is 13.2 Å². The number of aryl methyl sites for hydroxylation is 1. The molecule has 1 saturated carbocycles. The van der Waals surface area contributed by atoms with Gasteiger partial charge in [0.05, 0.1) is 0 Å². The molecule has 0 spiro atoms. The SMILES string of the molecule is Cc1ccc(OCC(=O)NC2CCC(NC(=O)COc3ccc(Cl)cc3)CC2)cc1. The molecule has 0 heterocycles. The molecule has 7 heteroatoms. The molecule has 0 bridgehead atoms. The molecule has 0 aliphatic heterocycles. The number of ether oxygens (including phenoxy) is 2. The van der Waals surface area contributed by atoms with E-state index in [9.17, 15) is 9.59 Å². The first-order chi connectivity index (χ1) is 14.5. The first-order valence-corrected chi connectivity index (χ1v) is 10.5. The summed E-state index contributed by atoms with van der Waals surface area (Å²) in [5.74, 6) is 1.01. The maximum absolute atomic E-state index is 12.1. The molecular weight excluding hydrogens is 404 g/mol. The minimum Gasteiger partial charge on any atom is -0.484 e. The molecule has 30 heavy (non-hydrogen) atoms. The van der Waals surface area contributed by atoms with E-state index in [4.69, 9.17) is 21.1 Å². The molecule has 0 atom stereocenters. The molecule has 2 aromatic rings. The molecule has 3 rings (SSSR count). The van der Waals surface area contributed by atoms with Gasteiger partial charge in [0.25, 0.3) is 11.8 Å². The van der Waals surface area contributed by atoms with E-state index >= 15 is 0 Å². The summed E-state index contributed by atoms with van der Waals surface area (Å²) in [6.45, 7) is 1.97. The molecule has 1 fully saturated rings. The van der Waals surface area contributed by atoms with Crippen LogP contribution < -0.4 is 20.1 Å². The van der Waals surface area contributed by atoms with Crippen molar-refractivity contribution in [3.05, 3.63) is 59.1 Å². The number of nitrogens with one attached hydrogen (secondary N) is 2. The van der Waals surface area contributed by atoms with E-state index in [1.807, 2.05) is 31.2 Å². The van der Waals surface area contributed by atoms with Gasteiger partial charge in [-0.25, -0.2) is 0 Å². The third-order valence-electron chi connectivity index (χ3n) is 5.03. The quantitative estimate of drug-likeness (QED) is 0.670. The summed E-state index contributed by atoms with van der Waals surface area (Å²) in [6, 6.07) is 14.7. The van der Waals surface area contributed by atoms with Gasteiger partial charge < -0.3 is 20.1 Å². The highest BCUT2D eigenvalue weighted by Crippen LogP contribution is 2.19. The number of benzene rings is 2. The second-order valence-corrected chi connectivity index (χ2v) is 7.96. The summed E-state index contributed by atoms with van der Waals surface area (Å²) in [5.41, 5.74) is 1.15. The van der Waals surface area contributed by atoms with Gasteiger partial charge in [-0.05, 0) is 69.0 Å². The second kappa shape index (κ2) is 10.9. The Balaban J connectivity index is 1.31. The topological polar surface area (TPSA) is 76.7 Å². The fraction of sp³-hybridized carbons (Fsp3) is 0.391. The number of carbonyl (C=O) groups excluding carboxylic acids is 2. The van der Waals surface area contributed by atoms with Crippen molar-refractivity contribution in [3.63, 3.8) is 0 Å². The van der Waals surface area contributed by atoms with Gasteiger partial charge in [0, 0.05) is 17.1 Å². The van der Waals surface area contributed by atoms with Gasteiger partial charge >= 0.3 is 0 Å². The maximum atomic E-state index is 12.1. The van der Waals surface area contributed by atoms with Crippen LogP contribution in [-0.2, 0) is 9.59 Å². The average molecular weight is 431 g/mol. The Hall–Kier alpha value is -2.73. The largest absolute Gasteiger partial charge is 0.484 e. The molecule has 2 N–H and O–H groups in total. The highest BCUT2D eigenvalue weighted by Gasteiger charge is 2.23. The summed E-state index contributed by atoms with van der Waals surface area (Å²) in [4.78, 5) is 24.2. The molecule has 0 radical (unpaired) electrons. The zero-order valence-corrected chi connectivity index (χ0v) is 17.8. The number of amides is 2. The van der Waals surface area contributed by atoms with E-state index in [-0.39, 0.29) is 37.1 Å². The molecule has 2 amide bonds. The van der Waals surface area contributed by atoms with Gasteiger partial charge in [-0.3, -0.25) is 9.59 Å². The normalized spacial score (nSPS) is 18.3. The monoisotopic (exact) mass is 430 g/mol. The molecular formula is C23H27ClN2O4. The van der Waals surface area contributed by atoms with Gasteiger partial charge in [0.2, 0.25) is 0 Å². The van der Waals surface area contributed by atoms with Crippen molar-refractivity contribution in [3.8, 4) is 11.5 Å². The Morgan fingerprint density at radius 1 is 0.800 bits per heavy atom. The van der Waals surface area contributed by atoms with Crippen LogP contribution >= 0.6 is 11.6 Å². The highest BCUT2D eigenvalue weighted by atomic mass is 35.5. The van der Waals surface area contributed by atoms with Crippen molar-refractivity contribution in [2.75, 3.05) is 13.2 Å². The van der Waals surface area contributed by atoms with Crippen LogP contribution in [-0.4, -0.2) is 37.1 Å². The van der Waals surface area contributed by atoms with Crippen LogP contribution in [0.1, 0.15) is 31.2 Å². The number of hydrogen-bond acceptors (Lipinski definition) is 4. The van der Waals surface area contributed by atoms with Crippen molar-refractivity contribution >= 4 is 23.4 Å². The van der Waals surface area contributed by atoms with Crippen molar-refractivity contribution < 1.29 is 19.1 Å². The van der Waals surface area contributed by atoms with E-state index in [0.717, 1.165) is 31.2 Å². The van der Waals surface area contributed by atoms with Crippen molar-refractivity contribution in [1.82, 2.24) is 10.6 Å². The summed E-state index contributed by atoms with van der Waals surface area (Å²) < 4.78 is 11.0. The van der Waals surface area contributed by atoms with Crippen LogP contribution in [0.25, 0.3) is 0 Å². The molecule has 1 aliphatic rings. The number of carbonyl (C=O) groups is 2. The lowest BCUT2D eigenvalue weighted by Crippen LogP contribution is -2.45. The van der Waals surface area contributed by atoms with E-state index in [2.05, 4.69) is 10.6 Å². The fourth-order valence-corrected chi connectivity index (χ4v) is 3.51. The fourth-order valence-electron chi connectivity index (χ4n) is 3.38. The van der Waals surface area contributed by atoms with Gasteiger partial charge in [-0.2, -0.15) is 0 Å². The molecule has 6 nitrogen and oxygen atoms in total. The lowest BCUT2D eigenvalue weighted by Gasteiger charge is -2.29. The first kappa shape index (κ1) is 22.0. The molecule has 0 saturated heterocycles. The summed E-state index contributed by atoms with van der Waals surface area (Å²) in [5, 5.41) is 6.63. The average Bonchev–Trinajstić information content (AvgIpc) is 2.74. The number of hydrogen-bond donors (Lipinski definition) is 2. The van der Waals surface area contributed by atoms with Crippen molar-refractivity contribution in [1.29, 1.82) is 0 Å². The van der Waals surface area contributed by atoms with Crippen molar-refractivity contribution in [2.45, 2.75) is 44.7 Å². The molecule has 160 valence electrons. The predicted octanol–water partition coefficient (Wildman–Crippen LogP) is 3.65. The van der Waals surface area contributed by atoms with Crippen LogP contribution in [0, 0.1) is 6.92 Å². The lowest BCUT2D eigenvalue weighted by atomic mass is 9.91. The van der Waals surface area contributed by atoms with Gasteiger partial charge in [-0.15, -0.1) is 0 Å². The van der Waals surface area contributed by atoms with Gasteiger partial charge in [-0.1, -0.05) is 29.3 Å². The third-order valence-corrected chi connectivity index (χ3v) is 5.28. The summed E-state index contributed by atoms with van der Waals surface area (Å²) in [6.07, 6.45) is 3.27. The number of halogens is 1. The second-order valence-electron chi connectivity index (χ2n) is 7.53. The van der Waals surface area contributed by atoms with E-state index in [1.165, 1.54) is 0 Å². The predicted molar refractivity (Wildman–Crippen MR) is 116 cm³/mol. The number of rotatable bonds is 8. The first-order valence-electron chi connectivity index (χ1n) is 10.1. The van der Waals surface area contributed by atoms with Gasteiger partial charge in [0.1, 0.15) is 11.5 Å². The Kier molecular flexibility index (Phi) is 7.97. The standard InChI is InChI=1S/C23H27ClN2O4/c1-16-2-10-20(11-3-16)29-14-22(27)25-18-6-8-19(9-7-18)26-23(28)15-30-21-12-4-17(24)5-13-21/h2-5,10-13,18-19H,6-9,14-15H2,1H3,(H,25,27)(H,26,28). The third kappa shape index (κ3) is 7.26. The molecule has 1 aliphatic carbocycles. The molecule has 0 unspecified atom stereocenters. The van der Waals surface area contributed by atoms with Crippen LogP contribution in [0.5, 0.6) is 11.5 Å². The maximum Gasteiger partial charge on any atom is 0.258 e. The van der Waals surface area contributed by atoms with E-state index < -0.39 is 0 Å². The van der Waals surface area contributed by atoms with Crippen LogP contribution in [0.3, 0.4) is 0 Å². The van der Waals surface area contributed by atoms with Crippen LogP contribution in [0.15, 0.2) is 48.5 Å². The Morgan fingerprint density at radius 2 is 1.20 bits per heavy atom. The van der Waals surface area contributed by atoms with Crippen molar-refractivity contribution in [2.24, 2.45) is 0 Å².